The highest BCUT2D eigenvalue weighted by Crippen LogP contribution is 2.30. The van der Waals surface area contributed by atoms with E-state index in [0.717, 1.165) is 12.8 Å². The van der Waals surface area contributed by atoms with Crippen LogP contribution in [0.4, 0.5) is 8.78 Å². The van der Waals surface area contributed by atoms with E-state index in [1.54, 1.807) is 0 Å². The smallest absolute Gasteiger partial charge is 0.423 e. The van der Waals surface area contributed by atoms with Crippen molar-refractivity contribution < 1.29 is 18.8 Å². The van der Waals surface area contributed by atoms with Gasteiger partial charge in [-0.3, -0.25) is 0 Å². The van der Waals surface area contributed by atoms with Crippen molar-refractivity contribution in [1.29, 1.82) is 0 Å². The first-order valence-electron chi connectivity index (χ1n) is 7.90. The number of rotatable bonds is 6. The summed E-state index contributed by atoms with van der Waals surface area (Å²) < 4.78 is 28.0. The molecule has 5 heteroatoms. The van der Waals surface area contributed by atoms with Crippen LogP contribution in [0.15, 0.2) is 6.07 Å². The summed E-state index contributed by atoms with van der Waals surface area (Å²) in [7, 11) is -2.10. The topological polar surface area (TPSA) is 40.5 Å². The fourth-order valence-corrected chi connectivity index (χ4v) is 3.28. The number of benzene rings is 1. The maximum atomic E-state index is 14.2. The van der Waals surface area contributed by atoms with Crippen molar-refractivity contribution in [1.82, 2.24) is 0 Å². The van der Waals surface area contributed by atoms with Gasteiger partial charge in [0, 0.05) is 0 Å². The van der Waals surface area contributed by atoms with Crippen LogP contribution in [0.25, 0.3) is 0 Å². The average Bonchev–Trinajstić information content (AvgIpc) is 2.43. The van der Waals surface area contributed by atoms with Gasteiger partial charge in [-0.1, -0.05) is 39.0 Å². The van der Waals surface area contributed by atoms with E-state index in [0.29, 0.717) is 29.9 Å². The Kier molecular flexibility index (Phi) is 5.76. The molecule has 116 valence electrons. The van der Waals surface area contributed by atoms with Gasteiger partial charge in [-0.2, -0.15) is 0 Å². The van der Waals surface area contributed by atoms with Gasteiger partial charge in [-0.25, -0.2) is 8.78 Å². The zero-order chi connectivity index (χ0) is 15.4. The molecular weight excluding hydrogens is 273 g/mol. The van der Waals surface area contributed by atoms with Crippen molar-refractivity contribution in [3.8, 4) is 0 Å². The number of unbranched alkanes of at least 4 members (excludes halogenated alkanes) is 3. The summed E-state index contributed by atoms with van der Waals surface area (Å²) in [6.07, 6.45) is 8.08. The zero-order valence-corrected chi connectivity index (χ0v) is 12.5. The summed E-state index contributed by atoms with van der Waals surface area (Å²) in [6.45, 7) is 2.18. The highest BCUT2D eigenvalue weighted by molar-refractivity contribution is 6.58. The zero-order valence-electron chi connectivity index (χ0n) is 12.5. The van der Waals surface area contributed by atoms with E-state index in [4.69, 9.17) is 10.0 Å². The lowest BCUT2D eigenvalue weighted by Crippen LogP contribution is -2.37. The van der Waals surface area contributed by atoms with Gasteiger partial charge in [-0.05, 0) is 42.4 Å². The Hall–Kier alpha value is -0.935. The van der Waals surface area contributed by atoms with Gasteiger partial charge in [0.2, 0.25) is 0 Å². The predicted octanol–water partition coefficient (Wildman–Crippen LogP) is 2.72. The minimum absolute atomic E-state index is 0.462. The van der Waals surface area contributed by atoms with Crippen LogP contribution in [0.1, 0.15) is 56.6 Å². The van der Waals surface area contributed by atoms with Crippen LogP contribution in [-0.2, 0) is 12.8 Å². The molecule has 0 amide bonds. The molecule has 1 unspecified atom stereocenters. The molecule has 0 saturated carbocycles. The summed E-state index contributed by atoms with van der Waals surface area (Å²) >= 11 is 0. The molecule has 1 atom stereocenters. The maximum Gasteiger partial charge on any atom is 0.494 e. The Bertz CT molecular complexity index is 492. The van der Waals surface area contributed by atoms with E-state index >= 15 is 0 Å². The van der Waals surface area contributed by atoms with Crippen LogP contribution < -0.4 is 5.46 Å². The average molecular weight is 296 g/mol. The quantitative estimate of drug-likeness (QED) is 0.626. The molecule has 21 heavy (non-hydrogen) atoms. The third-order valence-electron chi connectivity index (χ3n) is 4.48. The molecule has 0 heterocycles. The molecule has 0 radical (unpaired) electrons. The molecule has 2 N–H and O–H groups in total. The lowest BCUT2D eigenvalue weighted by atomic mass is 9.73. The van der Waals surface area contributed by atoms with Crippen molar-refractivity contribution in [2.75, 3.05) is 0 Å². The van der Waals surface area contributed by atoms with Crippen LogP contribution in [0.2, 0.25) is 0 Å². The van der Waals surface area contributed by atoms with E-state index in [-0.39, 0.29) is 0 Å². The molecule has 2 nitrogen and oxygen atoms in total. The molecule has 0 bridgehead atoms. The van der Waals surface area contributed by atoms with Crippen LogP contribution >= 0.6 is 0 Å². The van der Waals surface area contributed by atoms with Gasteiger partial charge in [-0.15, -0.1) is 0 Å². The van der Waals surface area contributed by atoms with E-state index < -0.39 is 24.2 Å². The van der Waals surface area contributed by atoms with E-state index in [2.05, 4.69) is 6.92 Å². The SMILES string of the molecule is CCCCCCC1CCc2c(cc(F)c(B(O)O)c2F)C1. The monoisotopic (exact) mass is 296 g/mol. The van der Waals surface area contributed by atoms with Gasteiger partial charge < -0.3 is 10.0 Å². The first kappa shape index (κ1) is 16.4. The number of fused-ring (bicyclic) bond motifs is 1. The van der Waals surface area contributed by atoms with Crippen LogP contribution in [0, 0.1) is 17.6 Å². The van der Waals surface area contributed by atoms with Gasteiger partial charge >= 0.3 is 7.12 Å². The summed E-state index contributed by atoms with van der Waals surface area (Å²) in [6, 6.07) is 1.28. The Morgan fingerprint density at radius 1 is 1.24 bits per heavy atom. The fraction of sp³-hybridized carbons (Fsp3) is 0.625. The first-order valence-corrected chi connectivity index (χ1v) is 7.90. The Morgan fingerprint density at radius 3 is 2.67 bits per heavy atom. The largest absolute Gasteiger partial charge is 0.494 e. The highest BCUT2D eigenvalue weighted by Gasteiger charge is 2.29. The van der Waals surface area contributed by atoms with Crippen molar-refractivity contribution in [2.45, 2.75) is 58.3 Å². The lowest BCUT2D eigenvalue weighted by molar-refractivity contribution is 0.395. The third kappa shape index (κ3) is 3.83. The minimum Gasteiger partial charge on any atom is -0.423 e. The van der Waals surface area contributed by atoms with Crippen LogP contribution in [-0.4, -0.2) is 17.2 Å². The standard InChI is InChI=1S/C16H23BF2O2/c1-2-3-4-5-6-11-7-8-13-12(9-11)10-14(18)15(16(13)19)17(20)21/h10-11,20-21H,2-9H2,1H3. The second-order valence-electron chi connectivity index (χ2n) is 6.06. The molecular formula is C16H23BF2O2. The van der Waals surface area contributed by atoms with Crippen molar-refractivity contribution >= 4 is 12.6 Å². The van der Waals surface area contributed by atoms with Crippen LogP contribution in [0.5, 0.6) is 0 Å². The summed E-state index contributed by atoms with van der Waals surface area (Å²) in [5, 5.41) is 18.2. The molecule has 0 fully saturated rings. The third-order valence-corrected chi connectivity index (χ3v) is 4.48. The van der Waals surface area contributed by atoms with E-state index in [1.807, 2.05) is 0 Å². The molecule has 0 spiro atoms. The Balaban J connectivity index is 2.08. The molecule has 1 aliphatic rings. The molecule has 0 aliphatic heterocycles. The van der Waals surface area contributed by atoms with E-state index in [1.165, 1.54) is 31.7 Å². The van der Waals surface area contributed by atoms with Gasteiger partial charge in [0.15, 0.2) is 0 Å². The summed E-state index contributed by atoms with van der Waals surface area (Å²) in [5.41, 5.74) is 0.542. The Labute approximate surface area is 125 Å². The summed E-state index contributed by atoms with van der Waals surface area (Å²) in [4.78, 5) is 0. The lowest BCUT2D eigenvalue weighted by Gasteiger charge is -2.26. The number of hydrogen-bond acceptors (Lipinski definition) is 2. The maximum absolute atomic E-state index is 14.2. The van der Waals surface area contributed by atoms with Gasteiger partial charge in [0.05, 0.1) is 5.46 Å². The first-order chi connectivity index (χ1) is 10.0. The number of hydrogen-bond donors (Lipinski definition) is 2. The summed E-state index contributed by atoms with van der Waals surface area (Å²) in [5.74, 6) is -1.14. The van der Waals surface area contributed by atoms with Gasteiger partial charge in [0.25, 0.3) is 0 Å². The fourth-order valence-electron chi connectivity index (χ4n) is 3.28. The van der Waals surface area contributed by atoms with Gasteiger partial charge in [0.1, 0.15) is 11.6 Å². The molecule has 2 rings (SSSR count). The second kappa shape index (κ2) is 7.36. The van der Waals surface area contributed by atoms with E-state index in [9.17, 15) is 8.78 Å². The molecule has 0 saturated heterocycles. The molecule has 1 aliphatic carbocycles. The number of halogens is 2. The predicted molar refractivity (Wildman–Crippen MR) is 80.5 cm³/mol. The highest BCUT2D eigenvalue weighted by atomic mass is 19.1. The van der Waals surface area contributed by atoms with Crippen LogP contribution in [0.3, 0.4) is 0 Å². The van der Waals surface area contributed by atoms with Crippen molar-refractivity contribution in [3.05, 3.63) is 28.8 Å². The van der Waals surface area contributed by atoms with Crippen molar-refractivity contribution in [3.63, 3.8) is 0 Å². The second-order valence-corrected chi connectivity index (χ2v) is 6.06. The Morgan fingerprint density at radius 2 is 2.00 bits per heavy atom. The molecule has 0 aromatic heterocycles. The van der Waals surface area contributed by atoms with Crippen molar-refractivity contribution in [2.24, 2.45) is 5.92 Å². The molecule has 1 aromatic rings. The minimum atomic E-state index is -2.10. The normalized spacial score (nSPS) is 17.7. The molecule has 1 aromatic carbocycles.